The Balaban J connectivity index is 1.20. The van der Waals surface area contributed by atoms with E-state index in [9.17, 15) is 4.79 Å². The molecular weight excluding hydrogens is 342 g/mol. The van der Waals surface area contributed by atoms with E-state index in [4.69, 9.17) is 0 Å². The van der Waals surface area contributed by atoms with Crippen LogP contribution in [0.3, 0.4) is 0 Å². The molecule has 144 valence electrons. The maximum atomic E-state index is 12.5. The van der Waals surface area contributed by atoms with Crippen LogP contribution >= 0.6 is 11.3 Å². The number of piperidine rings is 1. The van der Waals surface area contributed by atoms with Crippen LogP contribution in [0.25, 0.3) is 0 Å². The second-order valence-electron chi connectivity index (χ2n) is 8.56. The normalized spacial score (nSPS) is 24.9. The van der Waals surface area contributed by atoms with Crippen molar-refractivity contribution >= 4 is 17.2 Å². The highest BCUT2D eigenvalue weighted by Gasteiger charge is 2.30. The molecule has 3 heterocycles. The first-order valence-electron chi connectivity index (χ1n) is 10.6. The number of rotatable bonds is 6. The minimum atomic E-state index is 0.129. The zero-order chi connectivity index (χ0) is 17.9. The number of likely N-dealkylation sites (tertiary alicyclic amines) is 1. The number of hydrogen-bond acceptors (Lipinski definition) is 4. The van der Waals surface area contributed by atoms with Crippen LogP contribution in [0, 0.1) is 5.92 Å². The number of amides is 1. The summed E-state index contributed by atoms with van der Waals surface area (Å²) in [6.45, 7) is 8.82. The maximum Gasteiger partial charge on any atom is 0.261 e. The van der Waals surface area contributed by atoms with Crippen LogP contribution in [0.5, 0.6) is 0 Å². The molecule has 1 amide bonds. The topological polar surface area (TPSA) is 35.6 Å². The van der Waals surface area contributed by atoms with E-state index in [1.54, 1.807) is 11.3 Å². The first-order valence-corrected chi connectivity index (χ1v) is 11.4. The molecule has 0 bridgehead atoms. The molecule has 1 unspecified atom stereocenters. The largest absolute Gasteiger partial charge is 0.351 e. The molecule has 1 saturated carbocycles. The third-order valence-corrected chi connectivity index (χ3v) is 7.52. The quantitative estimate of drug-likeness (QED) is 0.767. The van der Waals surface area contributed by atoms with Gasteiger partial charge in [0.1, 0.15) is 0 Å². The number of fused-ring (bicyclic) bond motifs is 1. The molecule has 4 rings (SSSR count). The zero-order valence-electron chi connectivity index (χ0n) is 16.1. The average molecular weight is 376 g/mol. The van der Waals surface area contributed by atoms with E-state index in [2.05, 4.69) is 28.1 Å². The minimum absolute atomic E-state index is 0.129. The van der Waals surface area contributed by atoms with E-state index in [1.165, 1.54) is 62.1 Å². The van der Waals surface area contributed by atoms with Crippen molar-refractivity contribution in [3.8, 4) is 0 Å². The van der Waals surface area contributed by atoms with Crippen LogP contribution in [-0.4, -0.2) is 47.9 Å². The summed E-state index contributed by atoms with van der Waals surface area (Å²) in [4.78, 5) is 20.0. The zero-order valence-corrected chi connectivity index (χ0v) is 17.0. The number of carbonyl (C=O) groups excluding carboxylic acids is 1. The molecule has 1 aliphatic carbocycles. The maximum absolute atomic E-state index is 12.5. The van der Waals surface area contributed by atoms with Gasteiger partial charge in [0.05, 0.1) is 4.88 Å². The Morgan fingerprint density at radius 1 is 1.23 bits per heavy atom. The summed E-state index contributed by atoms with van der Waals surface area (Å²) in [5.74, 6) is 0.958. The van der Waals surface area contributed by atoms with E-state index in [1.807, 2.05) is 0 Å². The van der Waals surface area contributed by atoms with Gasteiger partial charge in [0, 0.05) is 37.1 Å². The third kappa shape index (κ3) is 4.32. The van der Waals surface area contributed by atoms with E-state index in [-0.39, 0.29) is 5.91 Å². The van der Waals surface area contributed by atoms with E-state index < -0.39 is 0 Å². The Labute approximate surface area is 161 Å². The molecule has 0 spiro atoms. The first-order chi connectivity index (χ1) is 12.7. The number of hydrogen-bond donors (Lipinski definition) is 1. The van der Waals surface area contributed by atoms with Gasteiger partial charge in [-0.25, -0.2) is 0 Å². The Bertz CT molecular complexity index is 599. The van der Waals surface area contributed by atoms with E-state index in [0.717, 1.165) is 49.4 Å². The molecule has 1 saturated heterocycles. The first kappa shape index (κ1) is 18.5. The molecule has 1 N–H and O–H groups in total. The average Bonchev–Trinajstić information content (AvgIpc) is 3.33. The van der Waals surface area contributed by atoms with Gasteiger partial charge in [-0.3, -0.25) is 9.69 Å². The van der Waals surface area contributed by atoms with Crippen molar-refractivity contribution in [2.45, 2.75) is 71.0 Å². The van der Waals surface area contributed by atoms with Crippen molar-refractivity contribution in [2.75, 3.05) is 26.2 Å². The molecule has 4 nitrogen and oxygen atoms in total. The molecule has 26 heavy (non-hydrogen) atoms. The SMILES string of the molecule is CC1CCCN(CCCNC(=O)c2cc3c(s2)CN(C2CCCC2)C3)C1. The highest BCUT2D eigenvalue weighted by atomic mass is 32.1. The Morgan fingerprint density at radius 3 is 2.85 bits per heavy atom. The van der Waals surface area contributed by atoms with Crippen molar-refractivity contribution in [2.24, 2.45) is 5.92 Å². The second-order valence-corrected chi connectivity index (χ2v) is 9.70. The number of carbonyl (C=O) groups is 1. The molecule has 0 radical (unpaired) electrons. The van der Waals surface area contributed by atoms with Crippen LogP contribution in [0.4, 0.5) is 0 Å². The second kappa shape index (κ2) is 8.41. The molecule has 0 aromatic carbocycles. The van der Waals surface area contributed by atoms with Crippen molar-refractivity contribution in [1.29, 1.82) is 0 Å². The van der Waals surface area contributed by atoms with E-state index in [0.29, 0.717) is 0 Å². The molecule has 5 heteroatoms. The van der Waals surface area contributed by atoms with Crippen molar-refractivity contribution in [3.63, 3.8) is 0 Å². The third-order valence-electron chi connectivity index (χ3n) is 6.36. The summed E-state index contributed by atoms with van der Waals surface area (Å²) in [5, 5.41) is 3.14. The predicted octanol–water partition coefficient (Wildman–Crippen LogP) is 3.86. The van der Waals surface area contributed by atoms with Gasteiger partial charge < -0.3 is 10.2 Å². The molecular formula is C21H33N3OS. The molecule has 3 aliphatic rings. The number of nitrogens with one attached hydrogen (secondary N) is 1. The summed E-state index contributed by atoms with van der Waals surface area (Å²) < 4.78 is 0. The Morgan fingerprint density at radius 2 is 2.08 bits per heavy atom. The molecule has 1 aromatic heterocycles. The fraction of sp³-hybridized carbons (Fsp3) is 0.762. The van der Waals surface area contributed by atoms with E-state index >= 15 is 0 Å². The standard InChI is InChI=1S/C21H33N3OS/c1-16-6-4-10-23(13-16)11-5-9-22-21(25)19-12-17-14-24(15-20(17)26-19)18-7-2-3-8-18/h12,16,18H,2-11,13-15H2,1H3,(H,22,25). The predicted molar refractivity (Wildman–Crippen MR) is 108 cm³/mol. The van der Waals surface area contributed by atoms with Gasteiger partial charge in [0.25, 0.3) is 5.91 Å². The fourth-order valence-electron chi connectivity index (χ4n) is 4.91. The number of nitrogens with zero attached hydrogens (tertiary/aromatic N) is 2. The van der Waals surface area contributed by atoms with Crippen LogP contribution < -0.4 is 5.32 Å². The lowest BCUT2D eigenvalue weighted by Crippen LogP contribution is -2.36. The number of thiophene rings is 1. The van der Waals surface area contributed by atoms with Crippen LogP contribution in [0.15, 0.2) is 6.07 Å². The Hall–Kier alpha value is -0.910. The lowest BCUT2D eigenvalue weighted by atomic mass is 10.0. The lowest BCUT2D eigenvalue weighted by molar-refractivity contribution is 0.0954. The monoisotopic (exact) mass is 375 g/mol. The van der Waals surface area contributed by atoms with Crippen LogP contribution in [-0.2, 0) is 13.1 Å². The van der Waals surface area contributed by atoms with Gasteiger partial charge >= 0.3 is 0 Å². The van der Waals surface area contributed by atoms with Crippen LogP contribution in [0.2, 0.25) is 0 Å². The van der Waals surface area contributed by atoms with Crippen molar-refractivity contribution in [1.82, 2.24) is 15.1 Å². The smallest absolute Gasteiger partial charge is 0.261 e. The highest BCUT2D eigenvalue weighted by molar-refractivity contribution is 7.14. The highest BCUT2D eigenvalue weighted by Crippen LogP contribution is 2.35. The molecule has 2 aliphatic heterocycles. The summed E-state index contributed by atoms with van der Waals surface area (Å²) in [6, 6.07) is 2.93. The molecule has 1 aromatic rings. The summed E-state index contributed by atoms with van der Waals surface area (Å²) in [7, 11) is 0. The summed E-state index contributed by atoms with van der Waals surface area (Å²) >= 11 is 1.71. The lowest BCUT2D eigenvalue weighted by Gasteiger charge is -2.30. The Kier molecular flexibility index (Phi) is 5.97. The fourth-order valence-corrected chi connectivity index (χ4v) is 6.03. The van der Waals surface area contributed by atoms with Crippen molar-refractivity contribution < 1.29 is 4.79 Å². The molecule has 1 atom stereocenters. The van der Waals surface area contributed by atoms with Gasteiger partial charge in [0.2, 0.25) is 0 Å². The molecule has 2 fully saturated rings. The van der Waals surface area contributed by atoms with Gasteiger partial charge in [-0.15, -0.1) is 11.3 Å². The minimum Gasteiger partial charge on any atom is -0.351 e. The van der Waals surface area contributed by atoms with Gasteiger partial charge in [-0.2, -0.15) is 0 Å². The van der Waals surface area contributed by atoms with Gasteiger partial charge in [-0.1, -0.05) is 19.8 Å². The van der Waals surface area contributed by atoms with Crippen molar-refractivity contribution in [3.05, 3.63) is 21.4 Å². The van der Waals surface area contributed by atoms with Crippen LogP contribution in [0.1, 0.15) is 72.0 Å². The summed E-state index contributed by atoms with van der Waals surface area (Å²) in [5.41, 5.74) is 1.40. The summed E-state index contributed by atoms with van der Waals surface area (Å²) in [6.07, 6.45) is 9.24. The van der Waals surface area contributed by atoms with Gasteiger partial charge in [0.15, 0.2) is 0 Å². The van der Waals surface area contributed by atoms with Gasteiger partial charge in [-0.05, 0) is 62.7 Å².